The lowest BCUT2D eigenvalue weighted by Crippen LogP contribution is -2.47. The number of hydrogen-bond acceptors (Lipinski definition) is 4. The topological polar surface area (TPSA) is 65.5 Å². The second-order valence-corrected chi connectivity index (χ2v) is 5.77. The number of aromatic nitrogens is 1. The van der Waals surface area contributed by atoms with Gasteiger partial charge in [0.25, 0.3) is 11.8 Å². The molecule has 1 aromatic rings. The van der Waals surface area contributed by atoms with E-state index in [0.717, 1.165) is 39.0 Å². The van der Waals surface area contributed by atoms with Crippen LogP contribution in [0.1, 0.15) is 33.7 Å². The maximum Gasteiger partial charge on any atom is 0.270 e. The molecule has 1 saturated carbocycles. The third-order valence-corrected chi connectivity index (χ3v) is 3.94. The lowest BCUT2D eigenvalue weighted by Gasteiger charge is -2.32. The molecule has 1 aliphatic carbocycles. The quantitative estimate of drug-likeness (QED) is 0.872. The highest BCUT2D eigenvalue weighted by Crippen LogP contribution is 2.19. The van der Waals surface area contributed by atoms with Gasteiger partial charge in [-0.05, 0) is 32.0 Å². The molecule has 0 spiro atoms. The Morgan fingerprint density at radius 2 is 1.95 bits per heavy atom. The lowest BCUT2D eigenvalue weighted by molar-refractivity contribution is 0.0664. The zero-order valence-corrected chi connectivity index (χ0v) is 12.2. The Balaban J connectivity index is 1.69. The summed E-state index contributed by atoms with van der Waals surface area (Å²) >= 11 is 0. The van der Waals surface area contributed by atoms with Crippen LogP contribution in [0.2, 0.25) is 0 Å². The van der Waals surface area contributed by atoms with Gasteiger partial charge in [0.05, 0.1) is 0 Å². The van der Waals surface area contributed by atoms with Crippen LogP contribution in [0.25, 0.3) is 0 Å². The Bertz CT molecular complexity index is 548. The van der Waals surface area contributed by atoms with E-state index in [-0.39, 0.29) is 17.9 Å². The second kappa shape index (κ2) is 5.81. The highest BCUT2D eigenvalue weighted by molar-refractivity contribution is 5.98. The first-order chi connectivity index (χ1) is 10.1. The Morgan fingerprint density at radius 1 is 1.24 bits per heavy atom. The fraction of sp³-hybridized carbons (Fsp3) is 0.533. The third-order valence-electron chi connectivity index (χ3n) is 3.94. The predicted octanol–water partition coefficient (Wildman–Crippen LogP) is 0.361. The largest absolute Gasteiger partial charge is 0.348 e. The van der Waals surface area contributed by atoms with E-state index in [0.29, 0.717) is 11.3 Å². The highest BCUT2D eigenvalue weighted by atomic mass is 16.2. The van der Waals surface area contributed by atoms with Crippen molar-refractivity contribution in [1.82, 2.24) is 20.1 Å². The average molecular weight is 288 g/mol. The number of nitrogens with zero attached hydrogens (tertiary/aromatic N) is 3. The number of pyridine rings is 1. The summed E-state index contributed by atoms with van der Waals surface area (Å²) in [4.78, 5) is 32.5. The molecule has 1 saturated heterocycles. The van der Waals surface area contributed by atoms with Gasteiger partial charge in [0.15, 0.2) is 0 Å². The molecule has 0 atom stereocenters. The number of piperazine rings is 1. The maximum absolute atomic E-state index is 12.5. The molecule has 1 aromatic heterocycles. The molecule has 2 aliphatic rings. The SMILES string of the molecule is CN1CCN(C(=O)c2ccnc(C(=O)NC3CC3)c2)CC1. The molecule has 0 bridgehead atoms. The Morgan fingerprint density at radius 3 is 2.62 bits per heavy atom. The standard InChI is InChI=1S/C15H20N4O2/c1-18-6-8-19(9-7-18)15(21)11-4-5-16-13(10-11)14(20)17-12-2-3-12/h4-5,10,12H,2-3,6-9H2,1H3,(H,17,20). The van der Waals surface area contributed by atoms with E-state index in [9.17, 15) is 9.59 Å². The van der Waals surface area contributed by atoms with E-state index in [4.69, 9.17) is 0 Å². The van der Waals surface area contributed by atoms with Gasteiger partial charge in [-0.15, -0.1) is 0 Å². The third kappa shape index (κ3) is 3.39. The molecule has 2 heterocycles. The van der Waals surface area contributed by atoms with E-state index >= 15 is 0 Å². The van der Waals surface area contributed by atoms with Gasteiger partial charge in [-0.25, -0.2) is 0 Å². The minimum Gasteiger partial charge on any atom is -0.348 e. The van der Waals surface area contributed by atoms with E-state index in [1.165, 1.54) is 6.20 Å². The summed E-state index contributed by atoms with van der Waals surface area (Å²) < 4.78 is 0. The molecule has 0 aromatic carbocycles. The van der Waals surface area contributed by atoms with Gasteiger partial charge >= 0.3 is 0 Å². The second-order valence-electron chi connectivity index (χ2n) is 5.77. The van der Waals surface area contributed by atoms with E-state index < -0.39 is 0 Å². The molecule has 0 radical (unpaired) electrons. The van der Waals surface area contributed by atoms with Crippen molar-refractivity contribution in [2.24, 2.45) is 0 Å². The minimum absolute atomic E-state index is 0.0222. The monoisotopic (exact) mass is 288 g/mol. The molecule has 2 amide bonds. The molecule has 6 nitrogen and oxygen atoms in total. The van der Waals surface area contributed by atoms with Crippen molar-refractivity contribution in [3.63, 3.8) is 0 Å². The van der Waals surface area contributed by atoms with E-state index in [2.05, 4.69) is 22.2 Å². The Hall–Kier alpha value is -1.95. The number of amides is 2. The normalized spacial score (nSPS) is 19.4. The Labute approximate surface area is 124 Å². The molecule has 1 aliphatic heterocycles. The fourth-order valence-corrected chi connectivity index (χ4v) is 2.37. The number of nitrogens with one attached hydrogen (secondary N) is 1. The molecule has 0 unspecified atom stereocenters. The molecule has 6 heteroatoms. The van der Waals surface area contributed by atoms with Crippen molar-refractivity contribution in [1.29, 1.82) is 0 Å². The molecule has 112 valence electrons. The van der Waals surface area contributed by atoms with Gasteiger partial charge in [0, 0.05) is 44.0 Å². The number of hydrogen-bond donors (Lipinski definition) is 1. The summed E-state index contributed by atoms with van der Waals surface area (Å²) in [6.45, 7) is 3.21. The summed E-state index contributed by atoms with van der Waals surface area (Å²) in [5.74, 6) is -0.212. The molecule has 21 heavy (non-hydrogen) atoms. The van der Waals surface area contributed by atoms with Crippen LogP contribution in [0.3, 0.4) is 0 Å². The van der Waals surface area contributed by atoms with E-state index in [1.807, 2.05) is 4.90 Å². The van der Waals surface area contributed by atoms with Crippen LogP contribution in [0, 0.1) is 0 Å². The van der Waals surface area contributed by atoms with E-state index in [1.54, 1.807) is 12.1 Å². The predicted molar refractivity (Wildman–Crippen MR) is 78.1 cm³/mol. The van der Waals surface area contributed by atoms with Gasteiger partial charge < -0.3 is 15.1 Å². The summed E-state index contributed by atoms with van der Waals surface area (Å²) in [5.41, 5.74) is 0.859. The number of rotatable bonds is 3. The molecule has 2 fully saturated rings. The van der Waals surface area contributed by atoms with Crippen LogP contribution in [-0.4, -0.2) is 65.9 Å². The van der Waals surface area contributed by atoms with Crippen molar-refractivity contribution in [3.05, 3.63) is 29.6 Å². The van der Waals surface area contributed by atoms with Crippen LogP contribution in [0.5, 0.6) is 0 Å². The summed E-state index contributed by atoms with van der Waals surface area (Å²) in [6.07, 6.45) is 3.60. The zero-order chi connectivity index (χ0) is 14.8. The van der Waals surface area contributed by atoms with Crippen molar-refractivity contribution >= 4 is 11.8 Å². The van der Waals surface area contributed by atoms with Crippen molar-refractivity contribution in [3.8, 4) is 0 Å². The summed E-state index contributed by atoms with van der Waals surface area (Å²) in [6, 6.07) is 3.56. The van der Waals surface area contributed by atoms with Gasteiger partial charge in [0.2, 0.25) is 0 Å². The first-order valence-corrected chi connectivity index (χ1v) is 7.38. The van der Waals surface area contributed by atoms with Crippen molar-refractivity contribution in [2.45, 2.75) is 18.9 Å². The smallest absolute Gasteiger partial charge is 0.270 e. The highest BCUT2D eigenvalue weighted by Gasteiger charge is 2.25. The first-order valence-electron chi connectivity index (χ1n) is 7.38. The number of carbonyl (C=O) groups excluding carboxylic acids is 2. The van der Waals surface area contributed by atoms with Gasteiger partial charge in [0.1, 0.15) is 5.69 Å². The lowest BCUT2D eigenvalue weighted by atomic mass is 10.1. The van der Waals surface area contributed by atoms with Crippen molar-refractivity contribution in [2.75, 3.05) is 33.2 Å². The Kier molecular flexibility index (Phi) is 3.88. The van der Waals surface area contributed by atoms with Crippen LogP contribution in [0.15, 0.2) is 18.3 Å². The summed E-state index contributed by atoms with van der Waals surface area (Å²) in [5, 5.41) is 2.89. The molecule has 3 rings (SSSR count). The molecule has 1 N–H and O–H groups in total. The first kappa shape index (κ1) is 14.0. The fourth-order valence-electron chi connectivity index (χ4n) is 2.37. The summed E-state index contributed by atoms with van der Waals surface area (Å²) in [7, 11) is 2.05. The zero-order valence-electron chi connectivity index (χ0n) is 12.2. The molecular weight excluding hydrogens is 268 g/mol. The van der Waals surface area contributed by atoms with Gasteiger partial charge in [-0.1, -0.05) is 0 Å². The van der Waals surface area contributed by atoms with Crippen LogP contribution in [-0.2, 0) is 0 Å². The van der Waals surface area contributed by atoms with Gasteiger partial charge in [-0.3, -0.25) is 14.6 Å². The van der Waals surface area contributed by atoms with Gasteiger partial charge in [-0.2, -0.15) is 0 Å². The molecular formula is C15H20N4O2. The maximum atomic E-state index is 12.5. The van der Waals surface area contributed by atoms with Crippen LogP contribution in [0.4, 0.5) is 0 Å². The van der Waals surface area contributed by atoms with Crippen LogP contribution < -0.4 is 5.32 Å². The van der Waals surface area contributed by atoms with Crippen molar-refractivity contribution < 1.29 is 9.59 Å². The number of carbonyl (C=O) groups is 2. The number of likely N-dealkylation sites (N-methyl/N-ethyl adjacent to an activating group) is 1. The van der Waals surface area contributed by atoms with Crippen LogP contribution >= 0.6 is 0 Å². The minimum atomic E-state index is -0.189. The average Bonchev–Trinajstić information content (AvgIpc) is 3.31.